The summed E-state index contributed by atoms with van der Waals surface area (Å²) in [6, 6.07) is 4.82. The van der Waals surface area contributed by atoms with Crippen molar-refractivity contribution in [2.24, 2.45) is 5.73 Å². The Kier molecular flexibility index (Phi) is 4.04. The van der Waals surface area contributed by atoms with Crippen LogP contribution in [0, 0.1) is 11.8 Å². The molecule has 1 saturated carbocycles. The Morgan fingerprint density at radius 1 is 1.45 bits per heavy atom. The van der Waals surface area contributed by atoms with Crippen molar-refractivity contribution in [2.45, 2.75) is 30.2 Å². The molecule has 6 heteroatoms. The highest BCUT2D eigenvalue weighted by Crippen LogP contribution is 2.37. The summed E-state index contributed by atoms with van der Waals surface area (Å²) in [5, 5.41) is 0. The van der Waals surface area contributed by atoms with E-state index in [-0.39, 0.29) is 17.0 Å². The number of hydrogen-bond donors (Lipinski definition) is 2. The molecule has 1 aliphatic rings. The molecule has 20 heavy (non-hydrogen) atoms. The first-order valence-corrected chi connectivity index (χ1v) is 7.79. The van der Waals surface area contributed by atoms with Crippen LogP contribution in [0.15, 0.2) is 23.1 Å². The maximum absolute atomic E-state index is 12.4. The van der Waals surface area contributed by atoms with Gasteiger partial charge in [-0.1, -0.05) is 11.8 Å². The van der Waals surface area contributed by atoms with Gasteiger partial charge in [-0.2, -0.15) is 0 Å². The molecule has 1 aromatic carbocycles. The fourth-order valence-corrected chi connectivity index (χ4v) is 3.45. The normalized spacial score (nSPS) is 16.1. The molecule has 0 radical (unpaired) electrons. The number of nitrogens with two attached hydrogens (primary N) is 1. The molecule has 0 spiro atoms. The van der Waals surface area contributed by atoms with Crippen molar-refractivity contribution >= 4 is 10.0 Å². The number of rotatable bonds is 4. The lowest BCUT2D eigenvalue weighted by Gasteiger charge is -2.14. The molecule has 0 heterocycles. The molecule has 1 fully saturated rings. The topological polar surface area (TPSA) is 81.4 Å². The lowest BCUT2D eigenvalue weighted by Crippen LogP contribution is -2.34. The minimum absolute atomic E-state index is 0.108. The Bertz CT molecular complexity index is 667. The van der Waals surface area contributed by atoms with Crippen LogP contribution in [-0.4, -0.2) is 27.6 Å². The third kappa shape index (κ3) is 3.31. The van der Waals surface area contributed by atoms with Crippen molar-refractivity contribution in [1.82, 2.24) is 4.72 Å². The highest BCUT2D eigenvalue weighted by atomic mass is 32.2. The third-order valence-electron chi connectivity index (χ3n) is 3.17. The van der Waals surface area contributed by atoms with E-state index in [9.17, 15) is 8.42 Å². The molecule has 1 aromatic rings. The average Bonchev–Trinajstić information content (AvgIpc) is 3.12. The van der Waals surface area contributed by atoms with E-state index in [1.807, 2.05) is 6.92 Å². The van der Waals surface area contributed by atoms with E-state index in [4.69, 9.17) is 10.5 Å². The highest BCUT2D eigenvalue weighted by molar-refractivity contribution is 7.89. The Balaban J connectivity index is 2.42. The summed E-state index contributed by atoms with van der Waals surface area (Å²) >= 11 is 0. The SMILES string of the molecule is COc1ccc(C#CCN)cc1S(=O)(=O)NC1(C)CC1. The van der Waals surface area contributed by atoms with Gasteiger partial charge in [0.25, 0.3) is 0 Å². The van der Waals surface area contributed by atoms with Crippen LogP contribution >= 0.6 is 0 Å². The Labute approximate surface area is 119 Å². The zero-order valence-corrected chi connectivity index (χ0v) is 12.4. The van der Waals surface area contributed by atoms with Crippen LogP contribution in [0.25, 0.3) is 0 Å². The highest BCUT2D eigenvalue weighted by Gasteiger charge is 2.41. The number of ether oxygens (including phenoxy) is 1. The number of methoxy groups -OCH3 is 1. The van der Waals surface area contributed by atoms with Crippen molar-refractivity contribution in [2.75, 3.05) is 13.7 Å². The fourth-order valence-electron chi connectivity index (χ4n) is 1.79. The van der Waals surface area contributed by atoms with E-state index in [0.29, 0.717) is 11.3 Å². The molecule has 0 bridgehead atoms. The summed E-state index contributed by atoms with van der Waals surface area (Å²) in [5.74, 6) is 5.83. The van der Waals surface area contributed by atoms with Gasteiger partial charge in [0.05, 0.1) is 13.7 Å². The second-order valence-electron chi connectivity index (χ2n) is 5.04. The van der Waals surface area contributed by atoms with Crippen molar-refractivity contribution in [1.29, 1.82) is 0 Å². The van der Waals surface area contributed by atoms with Crippen molar-refractivity contribution in [3.63, 3.8) is 0 Å². The quantitative estimate of drug-likeness (QED) is 0.806. The van der Waals surface area contributed by atoms with Crippen molar-refractivity contribution < 1.29 is 13.2 Å². The number of benzene rings is 1. The predicted molar refractivity (Wildman–Crippen MR) is 76.9 cm³/mol. The summed E-state index contributed by atoms with van der Waals surface area (Å²) in [4.78, 5) is 0.108. The molecular formula is C14H18N2O3S. The molecule has 2 rings (SSSR count). The van der Waals surface area contributed by atoms with Gasteiger partial charge in [-0.3, -0.25) is 0 Å². The predicted octanol–water partition coefficient (Wildman–Crippen LogP) is 0.836. The van der Waals surface area contributed by atoms with E-state index in [2.05, 4.69) is 16.6 Å². The molecule has 0 saturated heterocycles. The second kappa shape index (κ2) is 5.44. The van der Waals surface area contributed by atoms with Gasteiger partial charge in [-0.15, -0.1) is 0 Å². The summed E-state index contributed by atoms with van der Waals surface area (Å²) in [7, 11) is -2.18. The molecule has 0 atom stereocenters. The first-order valence-electron chi connectivity index (χ1n) is 6.31. The molecule has 1 aliphatic carbocycles. The van der Waals surface area contributed by atoms with Gasteiger partial charge >= 0.3 is 0 Å². The van der Waals surface area contributed by atoms with Crippen LogP contribution < -0.4 is 15.2 Å². The maximum atomic E-state index is 12.4. The Morgan fingerprint density at radius 3 is 2.70 bits per heavy atom. The lowest BCUT2D eigenvalue weighted by molar-refractivity contribution is 0.402. The molecule has 5 nitrogen and oxygen atoms in total. The fraction of sp³-hybridized carbons (Fsp3) is 0.429. The zero-order valence-electron chi connectivity index (χ0n) is 11.6. The Morgan fingerprint density at radius 2 is 2.15 bits per heavy atom. The van der Waals surface area contributed by atoms with Crippen LogP contribution in [0.2, 0.25) is 0 Å². The second-order valence-corrected chi connectivity index (χ2v) is 6.69. The largest absolute Gasteiger partial charge is 0.495 e. The van der Waals surface area contributed by atoms with Gasteiger partial charge < -0.3 is 10.5 Å². The molecule has 0 unspecified atom stereocenters. The van der Waals surface area contributed by atoms with E-state index in [1.165, 1.54) is 13.2 Å². The van der Waals surface area contributed by atoms with Gasteiger partial charge in [0.15, 0.2) is 0 Å². The third-order valence-corrected chi connectivity index (χ3v) is 4.83. The van der Waals surface area contributed by atoms with E-state index in [0.717, 1.165) is 12.8 Å². The van der Waals surface area contributed by atoms with E-state index >= 15 is 0 Å². The van der Waals surface area contributed by atoms with Gasteiger partial charge in [0, 0.05) is 11.1 Å². The van der Waals surface area contributed by atoms with Crippen molar-refractivity contribution in [3.8, 4) is 17.6 Å². The van der Waals surface area contributed by atoms with E-state index < -0.39 is 10.0 Å². The zero-order chi connectivity index (χ0) is 14.8. The molecule has 0 aliphatic heterocycles. The molecule has 0 aromatic heterocycles. The smallest absolute Gasteiger partial charge is 0.244 e. The van der Waals surface area contributed by atoms with Crippen LogP contribution in [0.4, 0.5) is 0 Å². The number of sulfonamides is 1. The van der Waals surface area contributed by atoms with Crippen LogP contribution in [0.1, 0.15) is 25.3 Å². The molecule has 108 valence electrons. The minimum atomic E-state index is -3.62. The lowest BCUT2D eigenvalue weighted by atomic mass is 10.2. The summed E-state index contributed by atoms with van der Waals surface area (Å²) in [5.41, 5.74) is 5.58. The summed E-state index contributed by atoms with van der Waals surface area (Å²) in [6.45, 7) is 2.11. The van der Waals surface area contributed by atoms with Gasteiger partial charge in [0.2, 0.25) is 10.0 Å². The van der Waals surface area contributed by atoms with Crippen LogP contribution in [0.3, 0.4) is 0 Å². The maximum Gasteiger partial charge on any atom is 0.244 e. The standard InChI is InChI=1S/C14H18N2O3S/c1-14(7-8-14)16-20(17,18)13-10-11(4-3-9-15)5-6-12(13)19-2/h5-6,10,16H,7-9,15H2,1-2H3. The van der Waals surface area contributed by atoms with Crippen LogP contribution in [-0.2, 0) is 10.0 Å². The average molecular weight is 294 g/mol. The van der Waals surface area contributed by atoms with Gasteiger partial charge in [-0.05, 0) is 38.0 Å². The number of nitrogens with one attached hydrogen (secondary N) is 1. The van der Waals surface area contributed by atoms with Crippen LogP contribution in [0.5, 0.6) is 5.75 Å². The van der Waals surface area contributed by atoms with Gasteiger partial charge in [-0.25, -0.2) is 13.1 Å². The molecule has 0 amide bonds. The summed E-state index contributed by atoms with van der Waals surface area (Å²) in [6.07, 6.45) is 1.70. The first-order chi connectivity index (χ1) is 9.40. The first kappa shape index (κ1) is 14.9. The molecular weight excluding hydrogens is 276 g/mol. The Hall–Kier alpha value is -1.55. The number of hydrogen-bond acceptors (Lipinski definition) is 4. The monoisotopic (exact) mass is 294 g/mol. The van der Waals surface area contributed by atoms with Crippen molar-refractivity contribution in [3.05, 3.63) is 23.8 Å². The minimum Gasteiger partial charge on any atom is -0.495 e. The van der Waals surface area contributed by atoms with Gasteiger partial charge in [0.1, 0.15) is 10.6 Å². The molecule has 3 N–H and O–H groups in total. The van der Waals surface area contributed by atoms with E-state index in [1.54, 1.807) is 12.1 Å². The summed E-state index contributed by atoms with van der Waals surface area (Å²) < 4.78 is 32.7.